The van der Waals surface area contributed by atoms with Gasteiger partial charge in [-0.25, -0.2) is 0 Å². The molecule has 1 aliphatic heterocycles. The monoisotopic (exact) mass is 292 g/mol. The summed E-state index contributed by atoms with van der Waals surface area (Å²) < 4.78 is 0. The molecule has 7 heteroatoms. The van der Waals surface area contributed by atoms with Crippen LogP contribution < -0.4 is 11.1 Å². The molecule has 0 spiro atoms. The lowest BCUT2D eigenvalue weighted by molar-refractivity contribution is -0.384. The number of hydrogen-bond acceptors (Lipinski definition) is 5. The number of nitro groups is 1. The van der Waals surface area contributed by atoms with Crippen LogP contribution in [0, 0.1) is 16.0 Å². The SMILES string of the molecule is CCN1CCC(CNc2cc(C(N)=O)ccc2[N+](=O)[O-])C1. The van der Waals surface area contributed by atoms with Gasteiger partial charge in [-0.3, -0.25) is 14.9 Å². The smallest absolute Gasteiger partial charge is 0.292 e. The zero-order chi connectivity index (χ0) is 15.4. The Hall–Kier alpha value is -2.15. The lowest BCUT2D eigenvalue weighted by Gasteiger charge is -2.14. The first-order valence-corrected chi connectivity index (χ1v) is 7.05. The van der Waals surface area contributed by atoms with Gasteiger partial charge in [0.15, 0.2) is 0 Å². The van der Waals surface area contributed by atoms with Crippen LogP contribution in [0.5, 0.6) is 0 Å². The first kappa shape index (κ1) is 15.2. The molecule has 1 heterocycles. The second-order valence-electron chi connectivity index (χ2n) is 5.28. The molecule has 0 aromatic heterocycles. The average molecular weight is 292 g/mol. The Morgan fingerprint density at radius 1 is 1.57 bits per heavy atom. The van der Waals surface area contributed by atoms with Crippen molar-refractivity contribution < 1.29 is 9.72 Å². The number of nitrogens with one attached hydrogen (secondary N) is 1. The fraction of sp³-hybridized carbons (Fsp3) is 0.500. The molecule has 1 aromatic rings. The Kier molecular flexibility index (Phi) is 4.74. The van der Waals surface area contributed by atoms with Gasteiger partial charge in [-0.1, -0.05) is 6.92 Å². The predicted octanol–water partition coefficient (Wildman–Crippen LogP) is 1.45. The van der Waals surface area contributed by atoms with Crippen LogP contribution in [0.25, 0.3) is 0 Å². The van der Waals surface area contributed by atoms with Crippen LogP contribution >= 0.6 is 0 Å². The summed E-state index contributed by atoms with van der Waals surface area (Å²) in [5.41, 5.74) is 5.80. The van der Waals surface area contributed by atoms with E-state index < -0.39 is 10.8 Å². The molecule has 0 aliphatic carbocycles. The average Bonchev–Trinajstić information content (AvgIpc) is 2.92. The van der Waals surface area contributed by atoms with E-state index in [-0.39, 0.29) is 11.3 Å². The Labute approximate surface area is 123 Å². The Bertz CT molecular complexity index is 547. The number of nitrogens with two attached hydrogens (primary N) is 1. The number of primary amides is 1. The van der Waals surface area contributed by atoms with Crippen LogP contribution in [0.15, 0.2) is 18.2 Å². The van der Waals surface area contributed by atoms with Gasteiger partial charge in [0.05, 0.1) is 4.92 Å². The van der Waals surface area contributed by atoms with Crippen LogP contribution in [0.2, 0.25) is 0 Å². The highest BCUT2D eigenvalue weighted by molar-refractivity contribution is 5.94. The topological polar surface area (TPSA) is 102 Å². The normalized spacial score (nSPS) is 18.6. The quantitative estimate of drug-likeness (QED) is 0.610. The summed E-state index contributed by atoms with van der Waals surface area (Å²) in [6, 6.07) is 4.14. The van der Waals surface area contributed by atoms with E-state index >= 15 is 0 Å². The van der Waals surface area contributed by atoms with Crippen molar-refractivity contribution in [3.05, 3.63) is 33.9 Å². The van der Waals surface area contributed by atoms with Gasteiger partial charge < -0.3 is 16.0 Å². The summed E-state index contributed by atoms with van der Waals surface area (Å²) in [6.45, 7) is 5.85. The third-order valence-corrected chi connectivity index (χ3v) is 3.88. The number of nitro benzene ring substituents is 1. The fourth-order valence-corrected chi connectivity index (χ4v) is 2.61. The molecule has 0 saturated carbocycles. The lowest BCUT2D eigenvalue weighted by Crippen LogP contribution is -2.22. The standard InChI is InChI=1S/C14H20N4O3/c1-2-17-6-5-10(9-17)8-16-12-7-11(14(15)19)3-4-13(12)18(20)21/h3-4,7,10,16H,2,5-6,8-9H2,1H3,(H2,15,19). The van der Waals surface area contributed by atoms with Gasteiger partial charge in [0.1, 0.15) is 5.69 Å². The highest BCUT2D eigenvalue weighted by atomic mass is 16.6. The Morgan fingerprint density at radius 2 is 2.33 bits per heavy atom. The van der Waals surface area contributed by atoms with Gasteiger partial charge in [0.25, 0.3) is 5.69 Å². The van der Waals surface area contributed by atoms with Crippen molar-refractivity contribution in [1.29, 1.82) is 0 Å². The van der Waals surface area contributed by atoms with Crippen molar-refractivity contribution in [2.75, 3.05) is 31.5 Å². The lowest BCUT2D eigenvalue weighted by atomic mass is 10.1. The molecule has 1 unspecified atom stereocenters. The first-order chi connectivity index (χ1) is 10.0. The number of likely N-dealkylation sites (tertiary alicyclic amines) is 1. The van der Waals surface area contributed by atoms with E-state index in [4.69, 9.17) is 5.73 Å². The van der Waals surface area contributed by atoms with Crippen LogP contribution in [0.3, 0.4) is 0 Å². The summed E-state index contributed by atoms with van der Waals surface area (Å²) in [5, 5.41) is 14.1. The summed E-state index contributed by atoms with van der Waals surface area (Å²) in [7, 11) is 0. The van der Waals surface area contributed by atoms with Gasteiger partial charge in [0.2, 0.25) is 5.91 Å². The maximum atomic E-state index is 11.2. The predicted molar refractivity (Wildman–Crippen MR) is 80.3 cm³/mol. The molecule has 0 radical (unpaired) electrons. The molecule has 1 aromatic carbocycles. The molecule has 1 saturated heterocycles. The third-order valence-electron chi connectivity index (χ3n) is 3.88. The second kappa shape index (κ2) is 6.53. The molecule has 2 rings (SSSR count). The zero-order valence-electron chi connectivity index (χ0n) is 12.0. The maximum Gasteiger partial charge on any atom is 0.292 e. The highest BCUT2D eigenvalue weighted by Crippen LogP contribution is 2.26. The van der Waals surface area contributed by atoms with Crippen LogP contribution in [0.1, 0.15) is 23.7 Å². The Morgan fingerprint density at radius 3 is 2.90 bits per heavy atom. The molecule has 1 atom stereocenters. The number of anilines is 1. The minimum atomic E-state index is -0.592. The fourth-order valence-electron chi connectivity index (χ4n) is 2.61. The minimum absolute atomic E-state index is 0.0367. The van der Waals surface area contributed by atoms with Crippen molar-refractivity contribution in [2.45, 2.75) is 13.3 Å². The number of hydrogen-bond donors (Lipinski definition) is 2. The van der Waals surface area contributed by atoms with Crippen LogP contribution in [-0.4, -0.2) is 41.9 Å². The van der Waals surface area contributed by atoms with E-state index in [0.717, 1.165) is 26.1 Å². The molecular formula is C14H20N4O3. The van der Waals surface area contributed by atoms with E-state index in [1.165, 1.54) is 18.2 Å². The minimum Gasteiger partial charge on any atom is -0.379 e. The van der Waals surface area contributed by atoms with Crippen molar-refractivity contribution >= 4 is 17.3 Å². The van der Waals surface area contributed by atoms with Gasteiger partial charge in [-0.15, -0.1) is 0 Å². The van der Waals surface area contributed by atoms with E-state index in [1.807, 2.05) is 0 Å². The largest absolute Gasteiger partial charge is 0.379 e. The van der Waals surface area contributed by atoms with Crippen molar-refractivity contribution in [1.82, 2.24) is 4.90 Å². The number of rotatable bonds is 6. The van der Waals surface area contributed by atoms with E-state index in [0.29, 0.717) is 18.2 Å². The number of carbonyl (C=O) groups is 1. The number of nitrogens with zero attached hydrogens (tertiary/aromatic N) is 2. The van der Waals surface area contributed by atoms with Crippen LogP contribution in [-0.2, 0) is 0 Å². The highest BCUT2D eigenvalue weighted by Gasteiger charge is 2.22. The summed E-state index contributed by atoms with van der Waals surface area (Å²) in [5.74, 6) is -0.132. The Balaban J connectivity index is 2.08. The van der Waals surface area contributed by atoms with Crippen molar-refractivity contribution in [3.8, 4) is 0 Å². The first-order valence-electron chi connectivity index (χ1n) is 7.05. The molecule has 114 valence electrons. The van der Waals surface area contributed by atoms with Gasteiger partial charge in [0, 0.05) is 24.7 Å². The maximum absolute atomic E-state index is 11.2. The third kappa shape index (κ3) is 3.69. The molecule has 1 amide bonds. The molecule has 3 N–H and O–H groups in total. The van der Waals surface area contributed by atoms with Crippen molar-refractivity contribution in [2.24, 2.45) is 11.7 Å². The van der Waals surface area contributed by atoms with E-state index in [9.17, 15) is 14.9 Å². The van der Waals surface area contributed by atoms with E-state index in [1.54, 1.807) is 0 Å². The number of carbonyl (C=O) groups excluding carboxylic acids is 1. The summed E-state index contributed by atoms with van der Waals surface area (Å²) in [6.07, 6.45) is 1.07. The zero-order valence-corrected chi connectivity index (χ0v) is 12.0. The van der Waals surface area contributed by atoms with Gasteiger partial charge >= 0.3 is 0 Å². The summed E-state index contributed by atoms with van der Waals surface area (Å²) in [4.78, 5) is 24.1. The molecular weight excluding hydrogens is 272 g/mol. The molecule has 7 nitrogen and oxygen atoms in total. The molecule has 1 fully saturated rings. The summed E-state index contributed by atoms with van der Waals surface area (Å²) >= 11 is 0. The number of amides is 1. The second-order valence-corrected chi connectivity index (χ2v) is 5.28. The van der Waals surface area contributed by atoms with Gasteiger partial charge in [-0.05, 0) is 37.6 Å². The van der Waals surface area contributed by atoms with Crippen LogP contribution in [0.4, 0.5) is 11.4 Å². The molecule has 21 heavy (non-hydrogen) atoms. The van der Waals surface area contributed by atoms with Gasteiger partial charge in [-0.2, -0.15) is 0 Å². The molecule has 0 bridgehead atoms. The number of benzene rings is 1. The van der Waals surface area contributed by atoms with E-state index in [2.05, 4.69) is 17.1 Å². The van der Waals surface area contributed by atoms with Crippen molar-refractivity contribution in [3.63, 3.8) is 0 Å². The molecule has 1 aliphatic rings.